The van der Waals surface area contributed by atoms with E-state index in [-0.39, 0.29) is 18.6 Å². The van der Waals surface area contributed by atoms with Crippen molar-refractivity contribution in [1.29, 1.82) is 0 Å². The number of hydrogen-bond donors (Lipinski definition) is 1. The first-order chi connectivity index (χ1) is 10.2. The molecule has 0 saturated carbocycles. The molecule has 0 spiro atoms. The van der Waals surface area contributed by atoms with Gasteiger partial charge in [-0.1, -0.05) is 60.2 Å². The van der Waals surface area contributed by atoms with Gasteiger partial charge in [0.05, 0.1) is 6.54 Å². The van der Waals surface area contributed by atoms with Gasteiger partial charge in [0, 0.05) is 12.8 Å². The maximum Gasteiger partial charge on any atom is 0.319 e. The summed E-state index contributed by atoms with van der Waals surface area (Å²) in [5.41, 5.74) is 8.88. The van der Waals surface area contributed by atoms with Gasteiger partial charge in [0.15, 0.2) is 0 Å². The topological polar surface area (TPSA) is 52.3 Å². The molecule has 110 valence electrons. The molecule has 0 bridgehead atoms. The number of carbonyl (C=O) groups is 1. The van der Waals surface area contributed by atoms with E-state index in [2.05, 4.69) is 31.2 Å². The molecule has 2 N–H and O–H groups in total. The number of hydrogen-bond acceptors (Lipinski definition) is 3. The van der Waals surface area contributed by atoms with Gasteiger partial charge in [0.2, 0.25) is 0 Å². The van der Waals surface area contributed by atoms with Crippen LogP contribution in [-0.4, -0.2) is 18.6 Å². The fourth-order valence-corrected chi connectivity index (χ4v) is 2.25. The molecule has 1 unspecified atom stereocenters. The van der Waals surface area contributed by atoms with Gasteiger partial charge in [-0.3, -0.25) is 4.79 Å². The van der Waals surface area contributed by atoms with E-state index in [1.165, 1.54) is 5.56 Å². The minimum absolute atomic E-state index is 0.0841. The third-order valence-corrected chi connectivity index (χ3v) is 3.35. The zero-order valence-corrected chi connectivity index (χ0v) is 12.3. The number of aryl methyl sites for hydroxylation is 1. The van der Waals surface area contributed by atoms with Crippen molar-refractivity contribution in [3.8, 4) is 0 Å². The second-order valence-electron chi connectivity index (χ2n) is 5.20. The molecule has 0 aliphatic carbocycles. The lowest BCUT2D eigenvalue weighted by atomic mass is 10.0. The minimum atomic E-state index is -0.358. The quantitative estimate of drug-likeness (QED) is 0.829. The molecule has 0 fully saturated rings. The Bertz CT molecular complexity index is 564. The molecule has 3 heteroatoms. The monoisotopic (exact) mass is 283 g/mol. The predicted molar refractivity (Wildman–Crippen MR) is 84.0 cm³/mol. The normalized spacial score (nSPS) is 11.9. The molecule has 0 heterocycles. The highest BCUT2D eigenvalue weighted by Gasteiger charge is 2.15. The van der Waals surface area contributed by atoms with Crippen molar-refractivity contribution in [2.45, 2.75) is 25.9 Å². The molecular formula is C18H21NO2. The van der Waals surface area contributed by atoms with E-state index < -0.39 is 0 Å². The van der Waals surface area contributed by atoms with Gasteiger partial charge in [-0.15, -0.1) is 0 Å². The summed E-state index contributed by atoms with van der Waals surface area (Å²) in [5, 5.41) is 0. The van der Waals surface area contributed by atoms with Gasteiger partial charge in [0.25, 0.3) is 0 Å². The summed E-state index contributed by atoms with van der Waals surface area (Å²) in [5.74, 6) is -0.358. The Balaban J connectivity index is 2.07. The van der Waals surface area contributed by atoms with Crippen LogP contribution in [-0.2, 0) is 22.4 Å². The van der Waals surface area contributed by atoms with Gasteiger partial charge in [0.1, 0.15) is 6.10 Å². The fraction of sp³-hybridized carbons (Fsp3) is 0.278. The SMILES string of the molecule is Cc1ccc(CC(Cc2ccccc2)OC(=O)CN)cc1. The Morgan fingerprint density at radius 2 is 1.57 bits per heavy atom. The summed E-state index contributed by atoms with van der Waals surface area (Å²) >= 11 is 0. The molecule has 0 radical (unpaired) electrons. The molecule has 0 amide bonds. The number of benzene rings is 2. The summed E-state index contributed by atoms with van der Waals surface area (Å²) in [7, 11) is 0. The Kier molecular flexibility index (Phi) is 5.52. The lowest BCUT2D eigenvalue weighted by Gasteiger charge is -2.18. The first kappa shape index (κ1) is 15.3. The molecule has 0 aliphatic rings. The number of nitrogens with two attached hydrogens (primary N) is 1. The van der Waals surface area contributed by atoms with E-state index in [0.29, 0.717) is 12.8 Å². The van der Waals surface area contributed by atoms with Gasteiger partial charge in [-0.05, 0) is 18.1 Å². The van der Waals surface area contributed by atoms with E-state index >= 15 is 0 Å². The Labute approximate surface area is 125 Å². The molecular weight excluding hydrogens is 262 g/mol. The minimum Gasteiger partial charge on any atom is -0.461 e. The van der Waals surface area contributed by atoms with Crippen molar-refractivity contribution < 1.29 is 9.53 Å². The second kappa shape index (κ2) is 7.60. The maximum absolute atomic E-state index is 11.5. The van der Waals surface area contributed by atoms with Crippen LogP contribution in [0.4, 0.5) is 0 Å². The van der Waals surface area contributed by atoms with Crippen LogP contribution in [0, 0.1) is 6.92 Å². The average Bonchev–Trinajstić information content (AvgIpc) is 2.50. The summed E-state index contributed by atoms with van der Waals surface area (Å²) in [4.78, 5) is 11.5. The van der Waals surface area contributed by atoms with Gasteiger partial charge < -0.3 is 10.5 Å². The Morgan fingerprint density at radius 3 is 2.14 bits per heavy atom. The second-order valence-corrected chi connectivity index (χ2v) is 5.20. The highest BCUT2D eigenvalue weighted by molar-refractivity contribution is 5.71. The molecule has 21 heavy (non-hydrogen) atoms. The standard InChI is InChI=1S/C18H21NO2/c1-14-7-9-16(10-8-14)12-17(21-18(20)13-19)11-15-5-3-2-4-6-15/h2-10,17H,11-13,19H2,1H3. The first-order valence-electron chi connectivity index (χ1n) is 7.16. The van der Waals surface area contributed by atoms with Crippen LogP contribution in [0.5, 0.6) is 0 Å². The number of esters is 1. The number of carbonyl (C=O) groups excluding carboxylic acids is 1. The zero-order valence-electron chi connectivity index (χ0n) is 12.3. The van der Waals surface area contributed by atoms with Crippen LogP contribution in [0.15, 0.2) is 54.6 Å². The smallest absolute Gasteiger partial charge is 0.319 e. The molecule has 0 saturated heterocycles. The first-order valence-corrected chi connectivity index (χ1v) is 7.16. The third-order valence-electron chi connectivity index (χ3n) is 3.35. The maximum atomic E-state index is 11.5. The van der Waals surface area contributed by atoms with Crippen LogP contribution in [0.1, 0.15) is 16.7 Å². The highest BCUT2D eigenvalue weighted by Crippen LogP contribution is 2.13. The van der Waals surface area contributed by atoms with Crippen LogP contribution in [0.25, 0.3) is 0 Å². The van der Waals surface area contributed by atoms with Crippen molar-refractivity contribution in [3.05, 3.63) is 71.3 Å². The molecule has 2 rings (SSSR count). The van der Waals surface area contributed by atoms with Gasteiger partial charge >= 0.3 is 5.97 Å². The zero-order chi connectivity index (χ0) is 15.1. The Hall–Kier alpha value is -2.13. The lowest BCUT2D eigenvalue weighted by molar-refractivity contribution is -0.147. The van der Waals surface area contributed by atoms with E-state index in [9.17, 15) is 4.79 Å². The van der Waals surface area contributed by atoms with E-state index in [4.69, 9.17) is 10.5 Å². The lowest BCUT2D eigenvalue weighted by Crippen LogP contribution is -2.27. The molecule has 2 aromatic carbocycles. The molecule has 2 aromatic rings. The van der Waals surface area contributed by atoms with Crippen molar-refractivity contribution in [2.24, 2.45) is 5.73 Å². The Morgan fingerprint density at radius 1 is 1.00 bits per heavy atom. The summed E-state index contributed by atoms with van der Waals surface area (Å²) in [6, 6.07) is 18.3. The van der Waals surface area contributed by atoms with E-state index in [1.807, 2.05) is 30.3 Å². The van der Waals surface area contributed by atoms with Crippen LogP contribution < -0.4 is 5.73 Å². The van der Waals surface area contributed by atoms with Gasteiger partial charge in [-0.2, -0.15) is 0 Å². The third kappa shape index (κ3) is 5.04. The number of rotatable bonds is 6. The fourth-order valence-electron chi connectivity index (χ4n) is 2.25. The predicted octanol–water partition coefficient (Wildman–Crippen LogP) is 2.65. The van der Waals surface area contributed by atoms with Crippen molar-refractivity contribution in [3.63, 3.8) is 0 Å². The van der Waals surface area contributed by atoms with E-state index in [1.54, 1.807) is 0 Å². The largest absolute Gasteiger partial charge is 0.461 e. The molecule has 0 aromatic heterocycles. The summed E-state index contributed by atoms with van der Waals surface area (Å²) < 4.78 is 5.47. The van der Waals surface area contributed by atoms with E-state index in [0.717, 1.165) is 11.1 Å². The van der Waals surface area contributed by atoms with Crippen molar-refractivity contribution >= 4 is 5.97 Å². The summed E-state index contributed by atoms with van der Waals surface area (Å²) in [6.07, 6.45) is 1.20. The van der Waals surface area contributed by atoms with Crippen LogP contribution >= 0.6 is 0 Å². The highest BCUT2D eigenvalue weighted by atomic mass is 16.5. The average molecular weight is 283 g/mol. The molecule has 1 atom stereocenters. The van der Waals surface area contributed by atoms with Crippen molar-refractivity contribution in [2.75, 3.05) is 6.54 Å². The van der Waals surface area contributed by atoms with Crippen LogP contribution in [0.2, 0.25) is 0 Å². The molecule has 3 nitrogen and oxygen atoms in total. The number of ether oxygens (including phenoxy) is 1. The van der Waals surface area contributed by atoms with Gasteiger partial charge in [-0.25, -0.2) is 0 Å². The summed E-state index contributed by atoms with van der Waals surface area (Å²) in [6.45, 7) is 1.97. The molecule has 0 aliphatic heterocycles. The van der Waals surface area contributed by atoms with Crippen LogP contribution in [0.3, 0.4) is 0 Å². The van der Waals surface area contributed by atoms with Crippen molar-refractivity contribution in [1.82, 2.24) is 0 Å².